The number of carbonyl (C=O) groups excluding carboxylic acids is 2. The maximum atomic E-state index is 13.1. The molecule has 1 unspecified atom stereocenters. The summed E-state index contributed by atoms with van der Waals surface area (Å²) in [7, 11) is -2.14. The van der Waals surface area contributed by atoms with Crippen LogP contribution in [-0.4, -0.2) is 61.4 Å². The molecule has 162 valence electrons. The minimum atomic E-state index is -3.53. The van der Waals surface area contributed by atoms with Gasteiger partial charge in [-0.2, -0.15) is 0 Å². The molecular weight excluding hydrogens is 412 g/mol. The highest BCUT2D eigenvalue weighted by Gasteiger charge is 2.29. The van der Waals surface area contributed by atoms with Crippen LogP contribution in [0, 0.1) is 0 Å². The predicted molar refractivity (Wildman–Crippen MR) is 112 cm³/mol. The highest BCUT2D eigenvalue weighted by molar-refractivity contribution is 7.90. The SMILES string of the molecule is CCOc1cc(C(CS(C)(=O)=O)N(C)C(=O)c2ccc(O)c(N)c2C=O)ccc1O. The van der Waals surface area contributed by atoms with Crippen LogP contribution in [0.1, 0.15) is 39.2 Å². The fourth-order valence-electron chi connectivity index (χ4n) is 3.00. The number of phenolic OH excluding ortho intramolecular Hbond substituents is 2. The summed E-state index contributed by atoms with van der Waals surface area (Å²) in [4.78, 5) is 25.7. The Labute approximate surface area is 174 Å². The first-order valence-corrected chi connectivity index (χ1v) is 11.0. The Morgan fingerprint density at radius 2 is 1.87 bits per heavy atom. The Morgan fingerprint density at radius 1 is 1.23 bits per heavy atom. The fourth-order valence-corrected chi connectivity index (χ4v) is 3.99. The van der Waals surface area contributed by atoms with Gasteiger partial charge in [0.05, 0.1) is 35.2 Å². The Balaban J connectivity index is 2.55. The molecule has 0 saturated heterocycles. The monoisotopic (exact) mass is 436 g/mol. The van der Waals surface area contributed by atoms with E-state index in [4.69, 9.17) is 10.5 Å². The fraction of sp³-hybridized carbons (Fsp3) is 0.300. The van der Waals surface area contributed by atoms with Crippen molar-refractivity contribution in [3.63, 3.8) is 0 Å². The van der Waals surface area contributed by atoms with Crippen molar-refractivity contribution in [2.45, 2.75) is 13.0 Å². The minimum Gasteiger partial charge on any atom is -0.506 e. The third-order valence-corrected chi connectivity index (χ3v) is 5.45. The molecule has 2 aromatic carbocycles. The van der Waals surface area contributed by atoms with Crippen LogP contribution in [0.25, 0.3) is 0 Å². The lowest BCUT2D eigenvalue weighted by molar-refractivity contribution is 0.0741. The highest BCUT2D eigenvalue weighted by Crippen LogP contribution is 2.33. The molecule has 0 aliphatic heterocycles. The molecule has 1 amide bonds. The number of nitrogen functional groups attached to an aromatic ring is 1. The highest BCUT2D eigenvalue weighted by atomic mass is 32.2. The summed E-state index contributed by atoms with van der Waals surface area (Å²) in [5.74, 6) is -1.39. The minimum absolute atomic E-state index is 0.0786. The van der Waals surface area contributed by atoms with Gasteiger partial charge in [-0.1, -0.05) is 6.07 Å². The predicted octanol–water partition coefficient (Wildman–Crippen LogP) is 1.75. The van der Waals surface area contributed by atoms with Crippen LogP contribution in [0.4, 0.5) is 5.69 Å². The molecule has 0 heterocycles. The Kier molecular flexibility index (Phi) is 6.93. The first-order valence-electron chi connectivity index (χ1n) is 8.97. The van der Waals surface area contributed by atoms with Crippen LogP contribution in [0.15, 0.2) is 30.3 Å². The molecule has 4 N–H and O–H groups in total. The van der Waals surface area contributed by atoms with E-state index in [-0.39, 0.29) is 40.7 Å². The van der Waals surface area contributed by atoms with E-state index >= 15 is 0 Å². The zero-order chi connectivity index (χ0) is 22.6. The van der Waals surface area contributed by atoms with Crippen LogP contribution in [0.3, 0.4) is 0 Å². The average molecular weight is 436 g/mol. The molecule has 0 fully saturated rings. The summed E-state index contributed by atoms with van der Waals surface area (Å²) >= 11 is 0. The summed E-state index contributed by atoms with van der Waals surface area (Å²) in [6.07, 6.45) is 1.40. The summed E-state index contributed by atoms with van der Waals surface area (Å²) in [6.45, 7) is 2.00. The van der Waals surface area contributed by atoms with E-state index in [1.165, 1.54) is 42.3 Å². The molecule has 30 heavy (non-hydrogen) atoms. The number of phenols is 2. The molecular formula is C20H24N2O7S. The van der Waals surface area contributed by atoms with Crippen molar-refractivity contribution in [3.8, 4) is 17.2 Å². The van der Waals surface area contributed by atoms with E-state index in [0.29, 0.717) is 11.8 Å². The number of aldehydes is 1. The van der Waals surface area contributed by atoms with Gasteiger partial charge in [-0.05, 0) is 36.8 Å². The number of benzene rings is 2. The molecule has 0 saturated carbocycles. The summed E-state index contributed by atoms with van der Waals surface area (Å²) in [5, 5.41) is 19.6. The first kappa shape index (κ1) is 23.0. The summed E-state index contributed by atoms with van der Waals surface area (Å²) < 4.78 is 29.5. The van der Waals surface area contributed by atoms with E-state index in [1.54, 1.807) is 6.92 Å². The quantitative estimate of drug-likeness (QED) is 0.322. The van der Waals surface area contributed by atoms with Crippen molar-refractivity contribution < 1.29 is 33.0 Å². The van der Waals surface area contributed by atoms with Gasteiger partial charge in [-0.15, -0.1) is 0 Å². The lowest BCUT2D eigenvalue weighted by Gasteiger charge is -2.29. The van der Waals surface area contributed by atoms with Gasteiger partial charge in [0.1, 0.15) is 15.6 Å². The van der Waals surface area contributed by atoms with E-state index in [1.807, 2.05) is 0 Å². The number of hydrogen-bond donors (Lipinski definition) is 3. The van der Waals surface area contributed by atoms with Crippen molar-refractivity contribution in [3.05, 3.63) is 47.0 Å². The normalized spacial score (nSPS) is 12.2. The molecule has 0 bridgehead atoms. The smallest absolute Gasteiger partial charge is 0.254 e. The number of aromatic hydroxyl groups is 2. The van der Waals surface area contributed by atoms with Crippen LogP contribution < -0.4 is 10.5 Å². The first-order chi connectivity index (χ1) is 14.0. The maximum absolute atomic E-state index is 13.1. The number of sulfone groups is 1. The van der Waals surface area contributed by atoms with E-state index in [0.717, 1.165) is 6.26 Å². The summed E-state index contributed by atoms with van der Waals surface area (Å²) in [6, 6.07) is 5.79. The molecule has 0 aliphatic carbocycles. The van der Waals surface area contributed by atoms with Gasteiger partial charge >= 0.3 is 0 Å². The molecule has 0 spiro atoms. The van der Waals surface area contributed by atoms with Crippen LogP contribution in [-0.2, 0) is 9.84 Å². The number of ether oxygens (including phenoxy) is 1. The average Bonchev–Trinajstić information content (AvgIpc) is 2.68. The number of rotatable bonds is 8. The Bertz CT molecular complexity index is 1070. The summed E-state index contributed by atoms with van der Waals surface area (Å²) in [5.41, 5.74) is 5.60. The van der Waals surface area contributed by atoms with Crippen molar-refractivity contribution >= 4 is 27.7 Å². The van der Waals surface area contributed by atoms with Gasteiger partial charge in [0.15, 0.2) is 17.8 Å². The van der Waals surface area contributed by atoms with Crippen molar-refractivity contribution in [2.75, 3.05) is 31.4 Å². The molecule has 9 nitrogen and oxygen atoms in total. The Morgan fingerprint density at radius 3 is 2.43 bits per heavy atom. The number of nitrogens with two attached hydrogens (primary N) is 1. The standard InChI is InChI=1S/C20H24N2O7S/c1-4-29-18-9-12(5-7-16(18)24)15(11-30(3,27)28)22(2)20(26)13-6-8-17(25)19(21)14(13)10-23/h5-10,15,24-25H,4,11,21H2,1-3H3. The van der Waals surface area contributed by atoms with Gasteiger partial charge in [0.25, 0.3) is 5.91 Å². The van der Waals surface area contributed by atoms with Crippen molar-refractivity contribution in [1.29, 1.82) is 0 Å². The van der Waals surface area contributed by atoms with E-state index in [2.05, 4.69) is 0 Å². The van der Waals surface area contributed by atoms with Gasteiger partial charge < -0.3 is 25.6 Å². The zero-order valence-electron chi connectivity index (χ0n) is 16.8. The number of amides is 1. The van der Waals surface area contributed by atoms with E-state index in [9.17, 15) is 28.2 Å². The molecule has 2 aromatic rings. The van der Waals surface area contributed by atoms with Crippen molar-refractivity contribution in [2.24, 2.45) is 0 Å². The number of carbonyl (C=O) groups is 2. The molecule has 10 heteroatoms. The van der Waals surface area contributed by atoms with Gasteiger partial charge in [-0.3, -0.25) is 9.59 Å². The third-order valence-electron chi connectivity index (χ3n) is 4.53. The molecule has 1 atom stereocenters. The lowest BCUT2D eigenvalue weighted by atomic mass is 10.0. The second-order valence-electron chi connectivity index (χ2n) is 6.76. The van der Waals surface area contributed by atoms with Gasteiger partial charge in [0, 0.05) is 13.3 Å². The number of hydrogen-bond acceptors (Lipinski definition) is 8. The largest absolute Gasteiger partial charge is 0.506 e. The van der Waals surface area contributed by atoms with Crippen LogP contribution >= 0.6 is 0 Å². The number of anilines is 1. The van der Waals surface area contributed by atoms with E-state index < -0.39 is 27.5 Å². The van der Waals surface area contributed by atoms with Crippen molar-refractivity contribution in [1.82, 2.24) is 4.90 Å². The zero-order valence-corrected chi connectivity index (χ0v) is 17.6. The lowest BCUT2D eigenvalue weighted by Crippen LogP contribution is -2.35. The maximum Gasteiger partial charge on any atom is 0.254 e. The van der Waals surface area contributed by atoms with Crippen LogP contribution in [0.5, 0.6) is 17.2 Å². The van der Waals surface area contributed by atoms with Gasteiger partial charge in [0.2, 0.25) is 0 Å². The molecule has 0 aromatic heterocycles. The topological polar surface area (TPSA) is 147 Å². The number of nitrogens with zero attached hydrogens (tertiary/aromatic N) is 1. The molecule has 2 rings (SSSR count). The Hall–Kier alpha value is -3.27. The molecule has 0 radical (unpaired) electrons. The van der Waals surface area contributed by atoms with Gasteiger partial charge in [-0.25, -0.2) is 8.42 Å². The third kappa shape index (κ3) is 5.01. The second kappa shape index (κ2) is 9.04. The van der Waals surface area contributed by atoms with Crippen LogP contribution in [0.2, 0.25) is 0 Å². The molecule has 0 aliphatic rings. The second-order valence-corrected chi connectivity index (χ2v) is 8.95.